The lowest BCUT2D eigenvalue weighted by Crippen LogP contribution is -2.34. The third kappa shape index (κ3) is 2.22. The van der Waals surface area contributed by atoms with Gasteiger partial charge in [-0.05, 0) is 31.2 Å². The maximum Gasteiger partial charge on any atom is 0.159 e. The average molecular weight is 288 g/mol. The molecule has 104 valence electrons. The third-order valence-corrected chi connectivity index (χ3v) is 3.97. The number of hydrogen-bond donors (Lipinski definition) is 1. The fourth-order valence-corrected chi connectivity index (χ4v) is 2.91. The Hall–Kier alpha value is -2.08. The van der Waals surface area contributed by atoms with Crippen LogP contribution in [-0.4, -0.2) is 31.1 Å². The van der Waals surface area contributed by atoms with Crippen LogP contribution in [0.4, 0.5) is 10.7 Å². The number of amidine groups is 1. The van der Waals surface area contributed by atoms with Gasteiger partial charge in [0.15, 0.2) is 5.84 Å². The van der Waals surface area contributed by atoms with Crippen LogP contribution in [0.25, 0.3) is 0 Å². The number of hydrogen-bond acceptors (Lipinski definition) is 6. The standard InChI is InChI=1S/C14H16N4OS/c1-9-16-13(12-14(17-9)20-8-15-12)18(2)10-4-6-11(19-3)7-5-10/h4-9,17H,1-3H3. The fraction of sp³-hybridized carbons (Fsp3) is 0.286. The summed E-state index contributed by atoms with van der Waals surface area (Å²) in [5.41, 5.74) is 3.80. The minimum Gasteiger partial charge on any atom is -0.497 e. The van der Waals surface area contributed by atoms with Crippen LogP contribution in [0.5, 0.6) is 5.75 Å². The van der Waals surface area contributed by atoms with Gasteiger partial charge in [-0.3, -0.25) is 0 Å². The molecule has 3 rings (SSSR count). The zero-order valence-corrected chi connectivity index (χ0v) is 12.4. The lowest BCUT2D eigenvalue weighted by Gasteiger charge is -2.26. The summed E-state index contributed by atoms with van der Waals surface area (Å²) in [7, 11) is 3.67. The van der Waals surface area contributed by atoms with Crippen LogP contribution in [0.1, 0.15) is 12.6 Å². The molecule has 0 bridgehead atoms. The number of nitrogens with zero attached hydrogens (tertiary/aromatic N) is 3. The van der Waals surface area contributed by atoms with Gasteiger partial charge in [-0.15, -0.1) is 11.3 Å². The molecule has 1 aliphatic rings. The monoisotopic (exact) mass is 288 g/mol. The Balaban J connectivity index is 1.95. The van der Waals surface area contributed by atoms with Crippen molar-refractivity contribution < 1.29 is 4.74 Å². The van der Waals surface area contributed by atoms with Gasteiger partial charge >= 0.3 is 0 Å². The quantitative estimate of drug-likeness (QED) is 0.923. The molecule has 0 amide bonds. The van der Waals surface area contributed by atoms with E-state index in [1.165, 1.54) is 0 Å². The molecule has 0 spiro atoms. The van der Waals surface area contributed by atoms with Gasteiger partial charge in [-0.25, -0.2) is 9.98 Å². The molecular weight excluding hydrogens is 272 g/mol. The molecule has 0 saturated carbocycles. The summed E-state index contributed by atoms with van der Waals surface area (Å²) in [5.74, 6) is 1.73. The van der Waals surface area contributed by atoms with E-state index in [2.05, 4.69) is 20.2 Å². The van der Waals surface area contributed by atoms with E-state index >= 15 is 0 Å². The molecule has 0 saturated heterocycles. The van der Waals surface area contributed by atoms with E-state index in [1.54, 1.807) is 18.4 Å². The predicted octanol–water partition coefficient (Wildman–Crippen LogP) is 2.81. The van der Waals surface area contributed by atoms with Crippen molar-refractivity contribution in [3.8, 4) is 5.75 Å². The normalized spacial score (nSPS) is 16.9. The Morgan fingerprint density at radius 2 is 2.05 bits per heavy atom. The van der Waals surface area contributed by atoms with Crippen molar-refractivity contribution in [3.63, 3.8) is 0 Å². The molecule has 1 atom stereocenters. The number of nitrogens with one attached hydrogen (secondary N) is 1. The first-order valence-corrected chi connectivity index (χ1v) is 7.23. The first kappa shape index (κ1) is 12.9. The summed E-state index contributed by atoms with van der Waals surface area (Å²) >= 11 is 1.60. The molecule has 0 radical (unpaired) electrons. The Morgan fingerprint density at radius 1 is 1.30 bits per heavy atom. The largest absolute Gasteiger partial charge is 0.497 e. The van der Waals surface area contributed by atoms with Gasteiger partial charge < -0.3 is 15.0 Å². The molecule has 2 aromatic rings. The minimum atomic E-state index is 0.0543. The second-order valence-corrected chi connectivity index (χ2v) is 5.41. The van der Waals surface area contributed by atoms with E-state index in [4.69, 9.17) is 4.74 Å². The van der Waals surface area contributed by atoms with Crippen molar-refractivity contribution in [1.82, 2.24) is 4.98 Å². The number of rotatable bonds is 2. The van der Waals surface area contributed by atoms with Crippen molar-refractivity contribution in [2.24, 2.45) is 4.99 Å². The van der Waals surface area contributed by atoms with Crippen LogP contribution in [-0.2, 0) is 0 Å². The molecule has 1 N–H and O–H groups in total. The van der Waals surface area contributed by atoms with Gasteiger partial charge in [0.1, 0.15) is 22.6 Å². The van der Waals surface area contributed by atoms with Gasteiger partial charge in [-0.2, -0.15) is 0 Å². The minimum absolute atomic E-state index is 0.0543. The fourth-order valence-electron chi connectivity index (χ4n) is 2.15. The smallest absolute Gasteiger partial charge is 0.159 e. The molecule has 20 heavy (non-hydrogen) atoms. The van der Waals surface area contributed by atoms with Crippen molar-refractivity contribution in [3.05, 3.63) is 35.5 Å². The first-order chi connectivity index (χ1) is 9.69. The predicted molar refractivity (Wildman–Crippen MR) is 83.1 cm³/mol. The Morgan fingerprint density at radius 3 is 2.75 bits per heavy atom. The number of benzene rings is 1. The van der Waals surface area contributed by atoms with Crippen molar-refractivity contribution in [1.29, 1.82) is 0 Å². The van der Waals surface area contributed by atoms with Crippen LogP contribution in [0.2, 0.25) is 0 Å². The molecule has 1 unspecified atom stereocenters. The van der Waals surface area contributed by atoms with E-state index in [0.717, 1.165) is 28.0 Å². The topological polar surface area (TPSA) is 49.8 Å². The zero-order chi connectivity index (χ0) is 14.1. The number of anilines is 2. The van der Waals surface area contributed by atoms with E-state index in [0.29, 0.717) is 0 Å². The van der Waals surface area contributed by atoms with E-state index in [-0.39, 0.29) is 6.17 Å². The molecule has 1 aliphatic heterocycles. The van der Waals surface area contributed by atoms with Crippen LogP contribution in [0, 0.1) is 0 Å². The number of ether oxygens (including phenoxy) is 1. The highest BCUT2D eigenvalue weighted by molar-refractivity contribution is 7.14. The average Bonchev–Trinajstić information content (AvgIpc) is 2.94. The second-order valence-electron chi connectivity index (χ2n) is 4.56. The summed E-state index contributed by atoms with van der Waals surface area (Å²) in [6.45, 7) is 2.03. The van der Waals surface area contributed by atoms with E-state index < -0.39 is 0 Å². The maximum absolute atomic E-state index is 5.19. The van der Waals surface area contributed by atoms with Crippen LogP contribution in [0.3, 0.4) is 0 Å². The number of aliphatic imine (C=N–C) groups is 1. The van der Waals surface area contributed by atoms with Crippen molar-refractivity contribution in [2.75, 3.05) is 24.4 Å². The maximum atomic E-state index is 5.19. The van der Waals surface area contributed by atoms with Gasteiger partial charge in [0.05, 0.1) is 12.6 Å². The Bertz CT molecular complexity index is 635. The van der Waals surface area contributed by atoms with E-state index in [9.17, 15) is 0 Å². The highest BCUT2D eigenvalue weighted by Crippen LogP contribution is 2.29. The van der Waals surface area contributed by atoms with Gasteiger partial charge in [-0.1, -0.05) is 0 Å². The Kier molecular flexibility index (Phi) is 3.31. The lowest BCUT2D eigenvalue weighted by molar-refractivity contribution is 0.415. The summed E-state index contributed by atoms with van der Waals surface area (Å²) in [5, 5.41) is 4.39. The van der Waals surface area contributed by atoms with Gasteiger partial charge in [0.2, 0.25) is 0 Å². The van der Waals surface area contributed by atoms with Crippen molar-refractivity contribution >= 4 is 27.9 Å². The number of thiazole rings is 1. The van der Waals surface area contributed by atoms with Crippen LogP contribution < -0.4 is 15.0 Å². The summed E-state index contributed by atoms with van der Waals surface area (Å²) in [6.07, 6.45) is 0.0543. The zero-order valence-electron chi connectivity index (χ0n) is 11.6. The second kappa shape index (κ2) is 5.13. The molecule has 1 aromatic carbocycles. The molecular formula is C14H16N4OS. The lowest BCUT2D eigenvalue weighted by atomic mass is 10.2. The Labute approximate surface area is 121 Å². The molecule has 0 fully saturated rings. The summed E-state index contributed by atoms with van der Waals surface area (Å²) < 4.78 is 5.19. The number of aromatic nitrogens is 1. The molecule has 1 aromatic heterocycles. The van der Waals surface area contributed by atoms with Gasteiger partial charge in [0, 0.05) is 12.7 Å². The highest BCUT2D eigenvalue weighted by atomic mass is 32.1. The molecule has 2 heterocycles. The SMILES string of the molecule is COc1ccc(N(C)C2=NC(C)Nc3scnc32)cc1. The molecule has 6 heteroatoms. The summed E-state index contributed by atoms with van der Waals surface area (Å²) in [6, 6.07) is 7.91. The first-order valence-electron chi connectivity index (χ1n) is 6.35. The van der Waals surface area contributed by atoms with E-state index in [1.807, 2.05) is 43.7 Å². The molecule has 5 nitrogen and oxygen atoms in total. The highest BCUT2D eigenvalue weighted by Gasteiger charge is 2.23. The van der Waals surface area contributed by atoms with Crippen molar-refractivity contribution in [2.45, 2.75) is 13.1 Å². The van der Waals surface area contributed by atoms with Crippen LogP contribution >= 0.6 is 11.3 Å². The van der Waals surface area contributed by atoms with Gasteiger partial charge in [0.25, 0.3) is 0 Å². The van der Waals surface area contributed by atoms with Crippen LogP contribution in [0.15, 0.2) is 34.8 Å². The third-order valence-electron chi connectivity index (χ3n) is 3.21. The molecule has 0 aliphatic carbocycles. The summed E-state index contributed by atoms with van der Waals surface area (Å²) in [4.78, 5) is 11.1. The number of methoxy groups -OCH3 is 1. The number of fused-ring (bicyclic) bond motifs is 1.